The molecule has 0 fully saturated rings. The Labute approximate surface area is 781 Å². The molecule has 0 atom stereocenters. The molecule has 24 rings (SSSR count). The van der Waals surface area contributed by atoms with Crippen molar-refractivity contribution in [3.63, 3.8) is 0 Å². The zero-order valence-electron chi connectivity index (χ0n) is 73.8. The van der Waals surface area contributed by atoms with E-state index >= 15 is 0 Å². The van der Waals surface area contributed by atoms with Gasteiger partial charge in [-0.1, -0.05) is 443 Å². The summed E-state index contributed by atoms with van der Waals surface area (Å²) in [6.45, 7) is 0. The normalized spacial score (nSPS) is 11.1. The molecule has 2 aromatic heterocycles. The third-order valence-corrected chi connectivity index (χ3v) is 25.6. The van der Waals surface area contributed by atoms with Crippen molar-refractivity contribution >= 4 is 99.0 Å². The quantitative estimate of drug-likeness (QED) is 0.0851. The maximum absolute atomic E-state index is 5.42. The smallest absolute Gasteiger partial charge is 0.0978 e. The highest BCUT2D eigenvalue weighted by Crippen LogP contribution is 2.45. The summed E-state index contributed by atoms with van der Waals surface area (Å²) in [6, 6.07) is 195. The van der Waals surface area contributed by atoms with Gasteiger partial charge in [0.15, 0.2) is 0 Å². The Morgan fingerprint density at radius 1 is 0.119 bits per heavy atom. The van der Waals surface area contributed by atoms with Gasteiger partial charge < -0.3 is 9.80 Å². The minimum atomic E-state index is 0.904. The van der Waals surface area contributed by atoms with Crippen LogP contribution in [0.4, 0.5) is 34.1 Å². The van der Waals surface area contributed by atoms with E-state index in [1.807, 2.05) is 0 Å². The van der Waals surface area contributed by atoms with Crippen LogP contribution in [0.3, 0.4) is 0 Å². The van der Waals surface area contributed by atoms with Crippen LogP contribution in [0.1, 0.15) is 0 Å². The Morgan fingerprint density at radius 2 is 0.336 bits per heavy atom. The SMILES string of the molecule is c1ccc(-c2cc(-c3ccc4ccccc4c3)nc3c2ccc2c(-c4ccccc4)cc(-c4ccc5ccccc5c4)nc23)cc1.c1ccc(-c2ccc(N(c3ccc(-c4ccccc4)cc3)c3ccc(-c4ccc(-c5ccc6ccccc6c5)cc4)cc3)cc2)cc1.c1ccc(-c2ccc(N(c3ccc(-c4ccccc4)cc3)c3ccc(-c4cccc5ccccc45)cc3)cc2)cc1. The summed E-state index contributed by atoms with van der Waals surface area (Å²) < 4.78 is 0. The topological polar surface area (TPSA) is 32.3 Å². The molecule has 0 bridgehead atoms. The molecule has 4 heteroatoms. The fourth-order valence-electron chi connectivity index (χ4n) is 18.6. The van der Waals surface area contributed by atoms with E-state index in [4.69, 9.17) is 9.97 Å². The lowest BCUT2D eigenvalue weighted by Crippen LogP contribution is -2.09. The monoisotopic (exact) mass is 1710 g/mol. The Kier molecular flexibility index (Phi) is 23.0. The Morgan fingerprint density at radius 3 is 0.657 bits per heavy atom. The minimum absolute atomic E-state index is 0.904. The molecule has 0 unspecified atom stereocenters. The van der Waals surface area contributed by atoms with Crippen molar-refractivity contribution in [2.45, 2.75) is 0 Å². The molecule has 0 saturated carbocycles. The van der Waals surface area contributed by atoms with Crippen LogP contribution in [0.2, 0.25) is 0 Å². The highest BCUT2D eigenvalue weighted by molar-refractivity contribution is 6.14. The van der Waals surface area contributed by atoms with Gasteiger partial charge in [0.05, 0.1) is 22.4 Å². The van der Waals surface area contributed by atoms with Gasteiger partial charge in [-0.3, -0.25) is 0 Å². The van der Waals surface area contributed by atoms with Crippen LogP contribution < -0.4 is 9.80 Å². The Balaban J connectivity index is 0.000000117. The molecule has 22 aromatic carbocycles. The third-order valence-electron chi connectivity index (χ3n) is 25.6. The number of aromatic nitrogens is 2. The van der Waals surface area contributed by atoms with Crippen molar-refractivity contribution in [1.29, 1.82) is 0 Å². The number of pyridine rings is 2. The summed E-state index contributed by atoms with van der Waals surface area (Å²) in [5.74, 6) is 0. The lowest BCUT2D eigenvalue weighted by molar-refractivity contribution is 1.28. The summed E-state index contributed by atoms with van der Waals surface area (Å²) in [6.07, 6.45) is 0. The number of hydrogen-bond acceptors (Lipinski definition) is 4. The number of nitrogens with zero attached hydrogens (tertiary/aromatic N) is 4. The minimum Gasteiger partial charge on any atom is -0.311 e. The molecule has 0 spiro atoms. The van der Waals surface area contributed by atoms with Crippen LogP contribution in [0.25, 0.3) is 188 Å². The molecular formula is C130H90N4. The molecule has 0 saturated heterocycles. The lowest BCUT2D eigenvalue weighted by atomic mass is 9.93. The predicted molar refractivity (Wildman–Crippen MR) is 569 cm³/mol. The fourth-order valence-corrected chi connectivity index (χ4v) is 18.6. The molecule has 0 aliphatic rings. The van der Waals surface area contributed by atoms with Crippen molar-refractivity contribution < 1.29 is 0 Å². The summed E-state index contributed by atoms with van der Waals surface area (Å²) in [5.41, 5.74) is 34.2. The highest BCUT2D eigenvalue weighted by Gasteiger charge is 2.22. The van der Waals surface area contributed by atoms with Gasteiger partial charge in [0.25, 0.3) is 0 Å². The van der Waals surface area contributed by atoms with Crippen molar-refractivity contribution in [3.8, 4) is 123 Å². The second-order valence-corrected chi connectivity index (χ2v) is 33.9. The molecule has 0 aliphatic carbocycles. The van der Waals surface area contributed by atoms with Crippen molar-refractivity contribution in [2.24, 2.45) is 0 Å². The number of hydrogen-bond donors (Lipinski definition) is 0. The average molecular weight is 1710 g/mol. The first kappa shape index (κ1) is 82.0. The van der Waals surface area contributed by atoms with E-state index in [0.717, 1.165) is 101 Å². The second kappa shape index (κ2) is 37.5. The van der Waals surface area contributed by atoms with Crippen LogP contribution in [-0.2, 0) is 0 Å². The second-order valence-electron chi connectivity index (χ2n) is 33.9. The molecule has 0 aliphatic heterocycles. The van der Waals surface area contributed by atoms with E-state index in [0.29, 0.717) is 0 Å². The maximum atomic E-state index is 5.42. The first-order chi connectivity index (χ1) is 66.4. The van der Waals surface area contributed by atoms with Gasteiger partial charge in [-0.05, 0) is 246 Å². The zero-order valence-corrected chi connectivity index (χ0v) is 73.8. The molecule has 4 nitrogen and oxygen atoms in total. The number of anilines is 6. The van der Waals surface area contributed by atoms with E-state index in [1.165, 1.54) is 121 Å². The van der Waals surface area contributed by atoms with Gasteiger partial charge in [-0.25, -0.2) is 9.97 Å². The van der Waals surface area contributed by atoms with Gasteiger partial charge in [-0.2, -0.15) is 0 Å². The van der Waals surface area contributed by atoms with Crippen molar-refractivity contribution in [1.82, 2.24) is 9.97 Å². The molecular weight excluding hydrogens is 1620 g/mol. The molecule has 134 heavy (non-hydrogen) atoms. The fraction of sp³-hybridized carbons (Fsp3) is 0. The lowest BCUT2D eigenvalue weighted by Gasteiger charge is -2.26. The van der Waals surface area contributed by atoms with Crippen molar-refractivity contribution in [2.75, 3.05) is 9.80 Å². The molecule has 0 N–H and O–H groups in total. The summed E-state index contributed by atoms with van der Waals surface area (Å²) in [5, 5.41) is 12.1. The molecule has 630 valence electrons. The van der Waals surface area contributed by atoms with Crippen LogP contribution in [0.15, 0.2) is 546 Å². The van der Waals surface area contributed by atoms with Crippen LogP contribution in [0, 0.1) is 0 Å². The average Bonchev–Trinajstić information content (AvgIpc) is 0.735. The van der Waals surface area contributed by atoms with Gasteiger partial charge >= 0.3 is 0 Å². The molecule has 0 radical (unpaired) electrons. The molecule has 0 amide bonds. The highest BCUT2D eigenvalue weighted by atomic mass is 15.1. The van der Waals surface area contributed by atoms with Crippen LogP contribution >= 0.6 is 0 Å². The maximum Gasteiger partial charge on any atom is 0.0978 e. The van der Waals surface area contributed by atoms with E-state index in [9.17, 15) is 0 Å². The van der Waals surface area contributed by atoms with E-state index in [1.54, 1.807) is 0 Å². The zero-order chi connectivity index (χ0) is 89.3. The number of rotatable bonds is 17. The summed E-state index contributed by atoms with van der Waals surface area (Å²) >= 11 is 0. The van der Waals surface area contributed by atoms with E-state index < -0.39 is 0 Å². The Bertz CT molecular complexity index is 7900. The third kappa shape index (κ3) is 17.4. The summed E-state index contributed by atoms with van der Waals surface area (Å²) in [7, 11) is 0. The van der Waals surface area contributed by atoms with E-state index in [2.05, 4.69) is 556 Å². The van der Waals surface area contributed by atoms with Crippen molar-refractivity contribution in [3.05, 3.63) is 546 Å². The Hall–Kier alpha value is -17.7. The van der Waals surface area contributed by atoms with Gasteiger partial charge in [0.1, 0.15) is 0 Å². The molecule has 24 aromatic rings. The van der Waals surface area contributed by atoms with Crippen LogP contribution in [0.5, 0.6) is 0 Å². The van der Waals surface area contributed by atoms with Crippen LogP contribution in [-0.4, -0.2) is 9.97 Å². The predicted octanol–water partition coefficient (Wildman–Crippen LogP) is 36.0. The first-order valence-electron chi connectivity index (χ1n) is 45.8. The summed E-state index contributed by atoms with van der Waals surface area (Å²) in [4.78, 5) is 15.5. The largest absolute Gasteiger partial charge is 0.311 e. The first-order valence-corrected chi connectivity index (χ1v) is 45.8. The number of fused-ring (bicyclic) bond motifs is 7. The number of benzene rings is 22. The van der Waals surface area contributed by atoms with E-state index in [-0.39, 0.29) is 0 Å². The molecule has 2 heterocycles. The standard InChI is InChI=1S/C46H33N.C44H28N2.C40H29N/c1-3-9-34(10-4-1)38-21-27-44(28-22-38)47(45-29-23-39(24-30-45)35-11-5-2-6-12-35)46-31-25-40(26-32-46)37-15-17-41(18-16-37)43-20-19-36-13-7-8-14-42(36)33-43;1-3-13-31(14-4-1)39-27-41(35-21-19-29-11-7-9-17-33(29)25-35)45-43-37(39)23-24-38-40(32-15-5-2-6-16-32)28-42(46-44(38)43)36-22-20-30-12-8-10-18-34(30)26-36;1-3-10-30(11-4-1)32-18-24-36(25-19-32)41(37-26-20-33(21-27-37)31-12-5-2-6-13-31)38-28-22-35(23-29-38)40-17-9-15-34-14-7-8-16-39(34)40/h1-33H;1-28H;1-29H. The van der Waals surface area contributed by atoms with Gasteiger partial charge in [0, 0.05) is 56.0 Å². The van der Waals surface area contributed by atoms with Gasteiger partial charge in [-0.15, -0.1) is 0 Å². The van der Waals surface area contributed by atoms with Gasteiger partial charge in [0.2, 0.25) is 0 Å².